The molecule has 0 saturated carbocycles. The van der Waals surface area contributed by atoms with Crippen molar-refractivity contribution in [3.8, 4) is 9.88 Å². The molecule has 0 atom stereocenters. The van der Waals surface area contributed by atoms with Crippen molar-refractivity contribution in [3.63, 3.8) is 0 Å². The molecule has 5 nitrogen and oxygen atoms in total. The number of aryl methyl sites for hydroxylation is 1. The number of amides is 1. The second-order valence-corrected chi connectivity index (χ2v) is 9.67. The molecule has 0 saturated heterocycles. The minimum Gasteiger partial charge on any atom is -0.460 e. The standard InChI is InChI=1S/C18H23ClN2O3S2/c1-11-15(26-16(20-11)12-8-9-13(19)25-12)17(23)21(5)10-6-7-14(22)24-18(2,3)4/h8-9H,6-7,10H2,1-5H3. The zero-order chi connectivity index (χ0) is 19.5. The number of hydrogen-bond acceptors (Lipinski definition) is 6. The maximum atomic E-state index is 12.7. The molecule has 0 aliphatic heterocycles. The number of hydrogen-bond donors (Lipinski definition) is 0. The Morgan fingerprint density at radius 3 is 2.54 bits per heavy atom. The van der Waals surface area contributed by atoms with Crippen molar-refractivity contribution in [1.82, 2.24) is 9.88 Å². The summed E-state index contributed by atoms with van der Waals surface area (Å²) in [5, 5.41) is 0.796. The summed E-state index contributed by atoms with van der Waals surface area (Å²) in [4.78, 5) is 32.1. The first-order chi connectivity index (χ1) is 12.1. The number of halogens is 1. The quantitative estimate of drug-likeness (QED) is 0.622. The third kappa shape index (κ3) is 5.79. The van der Waals surface area contributed by atoms with E-state index in [1.54, 1.807) is 11.9 Å². The highest BCUT2D eigenvalue weighted by atomic mass is 35.5. The van der Waals surface area contributed by atoms with Crippen molar-refractivity contribution >= 4 is 46.2 Å². The second-order valence-electron chi connectivity index (χ2n) is 6.95. The van der Waals surface area contributed by atoms with Gasteiger partial charge >= 0.3 is 5.97 Å². The number of esters is 1. The van der Waals surface area contributed by atoms with Crippen LogP contribution in [0.15, 0.2) is 12.1 Å². The van der Waals surface area contributed by atoms with Crippen molar-refractivity contribution in [2.24, 2.45) is 0 Å². The second kappa shape index (κ2) is 8.50. The van der Waals surface area contributed by atoms with Crippen LogP contribution in [0.2, 0.25) is 4.34 Å². The molecular weight excluding hydrogens is 392 g/mol. The lowest BCUT2D eigenvalue weighted by atomic mass is 10.2. The maximum absolute atomic E-state index is 12.7. The van der Waals surface area contributed by atoms with E-state index < -0.39 is 5.60 Å². The lowest BCUT2D eigenvalue weighted by molar-refractivity contribution is -0.154. The molecule has 2 rings (SSSR count). The first-order valence-corrected chi connectivity index (χ1v) is 10.3. The highest BCUT2D eigenvalue weighted by Gasteiger charge is 2.21. The Kier molecular flexibility index (Phi) is 6.82. The van der Waals surface area contributed by atoms with Gasteiger partial charge in [0.25, 0.3) is 5.91 Å². The summed E-state index contributed by atoms with van der Waals surface area (Å²) in [5.41, 5.74) is 0.220. The molecule has 0 aromatic carbocycles. The predicted molar refractivity (Wildman–Crippen MR) is 107 cm³/mol. The van der Waals surface area contributed by atoms with E-state index in [0.29, 0.717) is 27.9 Å². The Hall–Kier alpha value is -1.44. The highest BCUT2D eigenvalue weighted by molar-refractivity contribution is 7.24. The fraction of sp³-hybridized carbons (Fsp3) is 0.500. The Morgan fingerprint density at radius 1 is 1.27 bits per heavy atom. The molecule has 0 bridgehead atoms. The number of carbonyl (C=O) groups is 2. The molecule has 2 aromatic rings. The predicted octanol–water partition coefficient (Wildman–Crippen LogP) is 5.03. The largest absolute Gasteiger partial charge is 0.460 e. The molecule has 0 N–H and O–H groups in total. The maximum Gasteiger partial charge on any atom is 0.306 e. The molecule has 0 aliphatic carbocycles. The van der Waals surface area contributed by atoms with Crippen molar-refractivity contribution < 1.29 is 14.3 Å². The number of thiophene rings is 1. The highest BCUT2D eigenvalue weighted by Crippen LogP contribution is 2.35. The van der Waals surface area contributed by atoms with Gasteiger partial charge in [0.05, 0.1) is 14.9 Å². The number of rotatable bonds is 6. The lowest BCUT2D eigenvalue weighted by Gasteiger charge is -2.20. The van der Waals surface area contributed by atoms with Crippen molar-refractivity contribution in [2.45, 2.75) is 46.1 Å². The third-order valence-electron chi connectivity index (χ3n) is 3.42. The fourth-order valence-electron chi connectivity index (χ4n) is 2.26. The van der Waals surface area contributed by atoms with Crippen LogP contribution in [0.5, 0.6) is 0 Å². The van der Waals surface area contributed by atoms with Crippen LogP contribution in [0.4, 0.5) is 0 Å². The molecule has 8 heteroatoms. The molecule has 0 aliphatic rings. The van der Waals surface area contributed by atoms with Gasteiger partial charge in [-0.2, -0.15) is 0 Å². The number of thiazole rings is 1. The number of carbonyl (C=O) groups excluding carboxylic acids is 2. The Morgan fingerprint density at radius 2 is 1.96 bits per heavy atom. The zero-order valence-corrected chi connectivity index (χ0v) is 18.0. The van der Waals surface area contributed by atoms with E-state index in [-0.39, 0.29) is 18.3 Å². The molecule has 0 spiro atoms. The van der Waals surface area contributed by atoms with E-state index in [0.717, 1.165) is 9.88 Å². The van der Waals surface area contributed by atoms with E-state index in [1.165, 1.54) is 22.7 Å². The van der Waals surface area contributed by atoms with Crippen LogP contribution in [-0.4, -0.2) is 41.0 Å². The van der Waals surface area contributed by atoms with Crippen LogP contribution in [0.3, 0.4) is 0 Å². The molecule has 0 radical (unpaired) electrons. The number of nitrogens with zero attached hydrogens (tertiary/aromatic N) is 2. The first kappa shape index (κ1) is 20.9. The minimum absolute atomic E-state index is 0.0851. The van der Waals surface area contributed by atoms with Gasteiger partial charge in [-0.1, -0.05) is 11.6 Å². The van der Waals surface area contributed by atoms with Gasteiger partial charge in [-0.3, -0.25) is 9.59 Å². The van der Waals surface area contributed by atoms with Gasteiger partial charge < -0.3 is 9.64 Å². The van der Waals surface area contributed by atoms with E-state index in [4.69, 9.17) is 16.3 Å². The molecular formula is C18H23ClN2O3S2. The van der Waals surface area contributed by atoms with Crippen LogP contribution in [0, 0.1) is 6.92 Å². The van der Waals surface area contributed by atoms with Crippen molar-refractivity contribution in [3.05, 3.63) is 27.0 Å². The summed E-state index contributed by atoms with van der Waals surface area (Å²) in [6.07, 6.45) is 0.845. The summed E-state index contributed by atoms with van der Waals surface area (Å²) >= 11 is 8.78. The van der Waals surface area contributed by atoms with E-state index in [2.05, 4.69) is 4.98 Å². The van der Waals surface area contributed by atoms with E-state index >= 15 is 0 Å². The fourth-order valence-corrected chi connectivity index (χ4v) is 4.42. The molecule has 0 unspecified atom stereocenters. The van der Waals surface area contributed by atoms with Gasteiger partial charge in [0.2, 0.25) is 0 Å². The van der Waals surface area contributed by atoms with Gasteiger partial charge in [-0.15, -0.1) is 22.7 Å². The smallest absolute Gasteiger partial charge is 0.306 e. The third-order valence-corrected chi connectivity index (χ3v) is 5.96. The van der Waals surface area contributed by atoms with Crippen molar-refractivity contribution in [2.75, 3.05) is 13.6 Å². The van der Waals surface area contributed by atoms with Gasteiger partial charge in [-0.25, -0.2) is 4.98 Å². The van der Waals surface area contributed by atoms with Crippen LogP contribution < -0.4 is 0 Å². The summed E-state index contributed by atoms with van der Waals surface area (Å²) in [5.74, 6) is -0.331. The average Bonchev–Trinajstić information content (AvgIpc) is 3.10. The lowest BCUT2D eigenvalue weighted by Crippen LogP contribution is -2.29. The van der Waals surface area contributed by atoms with Gasteiger partial charge in [0.1, 0.15) is 15.5 Å². The van der Waals surface area contributed by atoms with Crippen LogP contribution in [-0.2, 0) is 9.53 Å². The Labute approximate surface area is 167 Å². The van der Waals surface area contributed by atoms with E-state index in [9.17, 15) is 9.59 Å². The summed E-state index contributed by atoms with van der Waals surface area (Å²) in [6, 6.07) is 3.73. The average molecular weight is 415 g/mol. The molecule has 1 amide bonds. The SMILES string of the molecule is Cc1nc(-c2ccc(Cl)s2)sc1C(=O)N(C)CCCC(=O)OC(C)(C)C. The minimum atomic E-state index is -0.486. The summed E-state index contributed by atoms with van der Waals surface area (Å²) in [6.45, 7) is 7.83. The monoisotopic (exact) mass is 414 g/mol. The Bertz CT molecular complexity index is 793. The molecule has 142 valence electrons. The van der Waals surface area contributed by atoms with Crippen LogP contribution in [0.1, 0.15) is 49.0 Å². The number of ether oxygens (including phenoxy) is 1. The van der Waals surface area contributed by atoms with Gasteiger partial charge in [-0.05, 0) is 46.2 Å². The van der Waals surface area contributed by atoms with Crippen LogP contribution >= 0.6 is 34.3 Å². The van der Waals surface area contributed by atoms with Gasteiger partial charge in [0, 0.05) is 20.0 Å². The van der Waals surface area contributed by atoms with Crippen LogP contribution in [0.25, 0.3) is 9.88 Å². The molecule has 0 fully saturated rings. The normalized spacial score (nSPS) is 11.5. The van der Waals surface area contributed by atoms with Crippen molar-refractivity contribution in [1.29, 1.82) is 0 Å². The molecule has 2 heterocycles. The zero-order valence-electron chi connectivity index (χ0n) is 15.6. The van der Waals surface area contributed by atoms with Gasteiger partial charge in [0.15, 0.2) is 0 Å². The van der Waals surface area contributed by atoms with E-state index in [1.807, 2.05) is 39.8 Å². The Balaban J connectivity index is 1.94. The topological polar surface area (TPSA) is 59.5 Å². The molecule has 26 heavy (non-hydrogen) atoms. The number of aromatic nitrogens is 1. The summed E-state index contributed by atoms with van der Waals surface area (Å²) in [7, 11) is 1.73. The first-order valence-electron chi connectivity index (χ1n) is 8.27. The molecule has 2 aromatic heterocycles. The summed E-state index contributed by atoms with van der Waals surface area (Å²) < 4.78 is 5.97.